The zero-order valence-electron chi connectivity index (χ0n) is 13.6. The molecule has 4 nitrogen and oxygen atoms in total. The molecule has 0 aromatic heterocycles. The number of thioether (sulfide) groups is 2. The molecule has 6 heteroatoms. The number of carbonyl (C=O) groups excluding carboxylic acids is 1. The van der Waals surface area contributed by atoms with Crippen molar-refractivity contribution in [3.8, 4) is 11.5 Å². The normalized spacial score (nSPS) is 19.3. The molecule has 0 unspecified atom stereocenters. The average molecular weight is 373 g/mol. The van der Waals surface area contributed by atoms with Crippen LogP contribution in [0.15, 0.2) is 48.5 Å². The first-order valence-corrected chi connectivity index (χ1v) is 10.4. The van der Waals surface area contributed by atoms with Crippen molar-refractivity contribution in [2.75, 3.05) is 24.7 Å². The van der Waals surface area contributed by atoms with E-state index in [0.717, 1.165) is 17.1 Å². The molecule has 1 atom stereocenters. The number of hydrogen-bond donors (Lipinski definition) is 1. The first-order valence-electron chi connectivity index (χ1n) is 8.27. The SMILES string of the molecule is O=C(COc1ccc(C2SCCS2)cc1)N[C@@H]1COc2ccccc21. The first-order chi connectivity index (χ1) is 12.3. The monoisotopic (exact) mass is 373 g/mol. The Bertz CT molecular complexity index is 745. The van der Waals surface area contributed by atoms with Gasteiger partial charge in [-0.3, -0.25) is 4.79 Å². The van der Waals surface area contributed by atoms with Crippen molar-refractivity contribution in [2.45, 2.75) is 10.6 Å². The van der Waals surface area contributed by atoms with Crippen LogP contribution in [0, 0.1) is 0 Å². The molecule has 0 aliphatic carbocycles. The van der Waals surface area contributed by atoms with Crippen molar-refractivity contribution in [2.24, 2.45) is 0 Å². The minimum Gasteiger partial charge on any atom is -0.491 e. The number of fused-ring (bicyclic) bond motifs is 1. The van der Waals surface area contributed by atoms with Crippen LogP contribution < -0.4 is 14.8 Å². The number of nitrogens with one attached hydrogen (secondary N) is 1. The van der Waals surface area contributed by atoms with Crippen LogP contribution in [0.25, 0.3) is 0 Å². The van der Waals surface area contributed by atoms with E-state index in [9.17, 15) is 4.79 Å². The van der Waals surface area contributed by atoms with Crippen LogP contribution in [0.5, 0.6) is 11.5 Å². The fourth-order valence-corrected chi connectivity index (χ4v) is 5.80. The van der Waals surface area contributed by atoms with E-state index in [-0.39, 0.29) is 18.6 Å². The summed E-state index contributed by atoms with van der Waals surface area (Å²) in [5.74, 6) is 3.84. The van der Waals surface area contributed by atoms with E-state index in [2.05, 4.69) is 17.4 Å². The highest BCUT2D eigenvalue weighted by atomic mass is 32.2. The minimum absolute atomic E-state index is 0.00490. The van der Waals surface area contributed by atoms with Gasteiger partial charge in [-0.1, -0.05) is 30.3 Å². The Labute approximate surface area is 155 Å². The topological polar surface area (TPSA) is 47.6 Å². The summed E-state index contributed by atoms with van der Waals surface area (Å²) in [6.45, 7) is 0.474. The Hall–Kier alpha value is -1.79. The summed E-state index contributed by atoms with van der Waals surface area (Å²) in [5.41, 5.74) is 2.33. The molecular weight excluding hydrogens is 354 g/mol. The van der Waals surface area contributed by atoms with Gasteiger partial charge in [0.2, 0.25) is 0 Å². The van der Waals surface area contributed by atoms with Crippen LogP contribution in [0.3, 0.4) is 0 Å². The lowest BCUT2D eigenvalue weighted by Crippen LogP contribution is -2.33. The highest BCUT2D eigenvalue weighted by molar-refractivity contribution is 8.19. The maximum absolute atomic E-state index is 12.2. The highest BCUT2D eigenvalue weighted by Gasteiger charge is 2.25. The quantitative estimate of drug-likeness (QED) is 0.864. The van der Waals surface area contributed by atoms with Gasteiger partial charge in [-0.15, -0.1) is 23.5 Å². The lowest BCUT2D eigenvalue weighted by atomic mass is 10.1. The molecule has 0 spiro atoms. The number of ether oxygens (including phenoxy) is 2. The predicted molar refractivity (Wildman–Crippen MR) is 102 cm³/mol. The summed E-state index contributed by atoms with van der Waals surface area (Å²) in [5, 5.41) is 2.97. The number of rotatable bonds is 5. The molecule has 1 saturated heterocycles. The van der Waals surface area contributed by atoms with E-state index >= 15 is 0 Å². The Kier molecular flexibility index (Phi) is 5.08. The van der Waals surface area contributed by atoms with Gasteiger partial charge in [0.25, 0.3) is 5.91 Å². The highest BCUT2D eigenvalue weighted by Crippen LogP contribution is 2.45. The van der Waals surface area contributed by atoms with Crippen molar-refractivity contribution in [1.82, 2.24) is 5.32 Å². The third kappa shape index (κ3) is 3.90. The third-order valence-corrected chi connectivity index (χ3v) is 7.28. The van der Waals surface area contributed by atoms with Gasteiger partial charge in [0.1, 0.15) is 18.1 Å². The Morgan fingerprint density at radius 1 is 1.12 bits per heavy atom. The summed E-state index contributed by atoms with van der Waals surface area (Å²) in [6, 6.07) is 15.7. The number of hydrogen-bond acceptors (Lipinski definition) is 5. The van der Waals surface area contributed by atoms with Gasteiger partial charge in [-0.25, -0.2) is 0 Å². The molecule has 1 N–H and O–H groups in total. The molecule has 2 aliphatic heterocycles. The predicted octanol–water partition coefficient (Wildman–Crippen LogP) is 3.79. The number of carbonyl (C=O) groups is 1. The van der Waals surface area contributed by atoms with Crippen molar-refractivity contribution in [3.63, 3.8) is 0 Å². The molecular formula is C19H19NO3S2. The van der Waals surface area contributed by atoms with E-state index in [1.54, 1.807) is 0 Å². The molecule has 0 bridgehead atoms. The first kappa shape index (κ1) is 16.7. The van der Waals surface area contributed by atoms with E-state index in [1.165, 1.54) is 17.1 Å². The van der Waals surface area contributed by atoms with Gasteiger partial charge >= 0.3 is 0 Å². The molecule has 1 amide bonds. The van der Waals surface area contributed by atoms with Crippen molar-refractivity contribution in [3.05, 3.63) is 59.7 Å². The fourth-order valence-electron chi connectivity index (χ4n) is 2.94. The molecule has 0 radical (unpaired) electrons. The Balaban J connectivity index is 1.29. The second-order valence-electron chi connectivity index (χ2n) is 5.90. The number of benzene rings is 2. The smallest absolute Gasteiger partial charge is 0.258 e. The van der Waals surface area contributed by atoms with Crippen molar-refractivity contribution >= 4 is 29.4 Å². The van der Waals surface area contributed by atoms with E-state index in [0.29, 0.717) is 11.2 Å². The fraction of sp³-hybridized carbons (Fsp3) is 0.316. The van der Waals surface area contributed by atoms with Gasteiger partial charge in [-0.05, 0) is 23.8 Å². The molecule has 2 aromatic rings. The van der Waals surface area contributed by atoms with E-state index < -0.39 is 0 Å². The summed E-state index contributed by atoms with van der Waals surface area (Å²) >= 11 is 3.96. The van der Waals surface area contributed by atoms with E-state index in [4.69, 9.17) is 9.47 Å². The summed E-state index contributed by atoms with van der Waals surface area (Å²) in [6.07, 6.45) is 0. The largest absolute Gasteiger partial charge is 0.491 e. The van der Waals surface area contributed by atoms with Crippen molar-refractivity contribution < 1.29 is 14.3 Å². The summed E-state index contributed by atoms with van der Waals surface area (Å²) in [4.78, 5) is 12.2. The van der Waals surface area contributed by atoms with Crippen LogP contribution >= 0.6 is 23.5 Å². The zero-order chi connectivity index (χ0) is 17.1. The molecule has 2 aliphatic rings. The van der Waals surface area contributed by atoms with Gasteiger partial charge in [0, 0.05) is 17.1 Å². The average Bonchev–Trinajstić information content (AvgIpc) is 3.31. The lowest BCUT2D eigenvalue weighted by Gasteiger charge is -2.13. The third-order valence-electron chi connectivity index (χ3n) is 4.18. The lowest BCUT2D eigenvalue weighted by molar-refractivity contribution is -0.123. The van der Waals surface area contributed by atoms with Crippen molar-refractivity contribution in [1.29, 1.82) is 0 Å². The maximum Gasteiger partial charge on any atom is 0.258 e. The van der Waals surface area contributed by atoms with Gasteiger partial charge < -0.3 is 14.8 Å². The summed E-state index contributed by atoms with van der Waals surface area (Å²) in [7, 11) is 0. The second-order valence-corrected chi connectivity index (χ2v) is 8.62. The van der Waals surface area contributed by atoms with Crippen LogP contribution in [0.4, 0.5) is 0 Å². The zero-order valence-corrected chi connectivity index (χ0v) is 15.3. The molecule has 2 heterocycles. The molecule has 2 aromatic carbocycles. The van der Waals surface area contributed by atoms with Crippen LogP contribution in [-0.2, 0) is 4.79 Å². The molecule has 0 saturated carbocycles. The molecule has 25 heavy (non-hydrogen) atoms. The Morgan fingerprint density at radius 2 is 1.88 bits per heavy atom. The van der Waals surface area contributed by atoms with Gasteiger partial charge in [-0.2, -0.15) is 0 Å². The van der Waals surface area contributed by atoms with E-state index in [1.807, 2.05) is 59.9 Å². The standard InChI is InChI=1S/C19H19NO3S2/c21-18(20-16-11-23-17-4-2-1-3-15(16)17)12-22-14-7-5-13(6-8-14)19-24-9-10-25-19/h1-8,16,19H,9-12H2,(H,20,21)/t16-/m1/s1. The minimum atomic E-state index is -0.142. The molecule has 4 rings (SSSR count). The molecule has 1 fully saturated rings. The second kappa shape index (κ2) is 7.62. The number of para-hydroxylation sites is 1. The van der Waals surface area contributed by atoms with Crippen LogP contribution in [0.2, 0.25) is 0 Å². The van der Waals surface area contributed by atoms with Crippen LogP contribution in [0.1, 0.15) is 21.8 Å². The van der Waals surface area contributed by atoms with Gasteiger partial charge in [0.05, 0.1) is 10.6 Å². The summed E-state index contributed by atoms with van der Waals surface area (Å²) < 4.78 is 11.7. The number of amides is 1. The maximum atomic E-state index is 12.2. The molecule has 130 valence electrons. The van der Waals surface area contributed by atoms with Crippen LogP contribution in [-0.4, -0.2) is 30.6 Å². The Morgan fingerprint density at radius 3 is 2.68 bits per heavy atom. The van der Waals surface area contributed by atoms with Gasteiger partial charge in [0.15, 0.2) is 6.61 Å².